The van der Waals surface area contributed by atoms with Crippen molar-refractivity contribution in [2.24, 2.45) is 0 Å². The summed E-state index contributed by atoms with van der Waals surface area (Å²) in [5.41, 5.74) is 3.60. The van der Waals surface area contributed by atoms with Crippen LogP contribution >= 0.6 is 0 Å². The van der Waals surface area contributed by atoms with Crippen LogP contribution in [0, 0.1) is 5.82 Å². The van der Waals surface area contributed by atoms with Crippen LogP contribution in [-0.4, -0.2) is 16.8 Å². The van der Waals surface area contributed by atoms with Crippen molar-refractivity contribution in [2.75, 3.05) is 0 Å². The number of halogens is 1. The van der Waals surface area contributed by atoms with Crippen LogP contribution in [0.2, 0.25) is 0 Å². The van der Waals surface area contributed by atoms with Gasteiger partial charge in [-0.15, -0.1) is 0 Å². The lowest BCUT2D eigenvalue weighted by molar-refractivity contribution is 0.0841. The molecule has 24 heavy (non-hydrogen) atoms. The van der Waals surface area contributed by atoms with Crippen molar-refractivity contribution in [1.82, 2.24) is 15.8 Å². The van der Waals surface area contributed by atoms with Gasteiger partial charge >= 0.3 is 0 Å². The molecule has 2 aromatic carbocycles. The molecule has 0 unspecified atom stereocenters. The molecular weight excluding hydrogens is 313 g/mol. The highest BCUT2D eigenvalue weighted by Crippen LogP contribution is 2.09. The summed E-state index contributed by atoms with van der Waals surface area (Å²) < 4.78 is 13.5. The second kappa shape index (κ2) is 6.33. The van der Waals surface area contributed by atoms with Crippen molar-refractivity contribution in [3.8, 4) is 0 Å². The zero-order chi connectivity index (χ0) is 17.1. The number of fused-ring (bicyclic) bond motifs is 1. The zero-order valence-corrected chi connectivity index (χ0v) is 12.3. The van der Waals surface area contributed by atoms with Crippen LogP contribution in [0.15, 0.2) is 59.4 Å². The van der Waals surface area contributed by atoms with Gasteiger partial charge in [-0.2, -0.15) is 0 Å². The first kappa shape index (κ1) is 15.4. The van der Waals surface area contributed by atoms with Crippen LogP contribution in [0.1, 0.15) is 20.8 Å². The number of hydrogen-bond donors (Lipinski definition) is 3. The molecule has 2 amide bonds. The van der Waals surface area contributed by atoms with Crippen LogP contribution in [0.25, 0.3) is 10.8 Å². The molecule has 3 aromatic rings. The Hall–Kier alpha value is -3.48. The minimum atomic E-state index is -0.801. The van der Waals surface area contributed by atoms with Gasteiger partial charge in [-0.1, -0.05) is 30.3 Å². The molecule has 0 radical (unpaired) electrons. The Morgan fingerprint density at radius 3 is 2.38 bits per heavy atom. The Kier molecular flexibility index (Phi) is 4.07. The summed E-state index contributed by atoms with van der Waals surface area (Å²) in [4.78, 5) is 38.3. The smallest absolute Gasteiger partial charge is 0.286 e. The van der Waals surface area contributed by atoms with Gasteiger partial charge in [0.25, 0.3) is 17.4 Å². The van der Waals surface area contributed by atoms with E-state index in [4.69, 9.17) is 0 Å². The van der Waals surface area contributed by atoms with E-state index in [0.717, 1.165) is 6.07 Å². The normalized spacial score (nSPS) is 10.4. The summed E-state index contributed by atoms with van der Waals surface area (Å²) in [6.45, 7) is 0. The molecule has 0 aliphatic heterocycles. The number of rotatable bonds is 2. The van der Waals surface area contributed by atoms with Crippen LogP contribution in [0.5, 0.6) is 0 Å². The number of pyridine rings is 1. The zero-order valence-electron chi connectivity index (χ0n) is 12.3. The predicted molar refractivity (Wildman–Crippen MR) is 85.9 cm³/mol. The standard InChI is InChI=1S/C17H12FN3O3/c18-13-8-4-3-7-12(13)16(23)20-21-17(24)14-9-10-5-1-2-6-11(10)15(22)19-14/h1-9H,(H,19,22)(H,20,23)(H,21,24). The Labute approximate surface area is 135 Å². The predicted octanol–water partition coefficient (Wildman–Crippen LogP) is 1.74. The van der Waals surface area contributed by atoms with E-state index in [1.54, 1.807) is 24.3 Å². The first-order chi connectivity index (χ1) is 11.6. The largest absolute Gasteiger partial charge is 0.317 e. The highest BCUT2D eigenvalue weighted by Gasteiger charge is 2.13. The van der Waals surface area contributed by atoms with E-state index < -0.39 is 23.2 Å². The minimum Gasteiger partial charge on any atom is -0.317 e. The van der Waals surface area contributed by atoms with Gasteiger partial charge in [0.1, 0.15) is 11.5 Å². The molecule has 0 bridgehead atoms. The van der Waals surface area contributed by atoms with Crippen molar-refractivity contribution in [3.63, 3.8) is 0 Å². The van der Waals surface area contributed by atoms with E-state index in [9.17, 15) is 18.8 Å². The number of amides is 2. The topological polar surface area (TPSA) is 91.1 Å². The molecule has 3 rings (SSSR count). The third-order valence-electron chi connectivity index (χ3n) is 3.41. The molecule has 7 heteroatoms. The van der Waals surface area contributed by atoms with E-state index >= 15 is 0 Å². The monoisotopic (exact) mass is 325 g/mol. The molecule has 1 aromatic heterocycles. The fourth-order valence-electron chi connectivity index (χ4n) is 2.23. The lowest BCUT2D eigenvalue weighted by atomic mass is 10.1. The average Bonchev–Trinajstić information content (AvgIpc) is 2.59. The van der Waals surface area contributed by atoms with Gasteiger partial charge in [0.05, 0.1) is 5.56 Å². The Morgan fingerprint density at radius 2 is 1.58 bits per heavy atom. The quantitative estimate of drug-likeness (QED) is 0.627. The van der Waals surface area contributed by atoms with Crippen molar-refractivity contribution in [3.05, 3.63) is 82.0 Å². The molecule has 0 saturated heterocycles. The number of aromatic nitrogens is 1. The molecule has 0 fully saturated rings. The maximum atomic E-state index is 13.5. The lowest BCUT2D eigenvalue weighted by Crippen LogP contribution is -2.42. The molecule has 0 atom stereocenters. The van der Waals surface area contributed by atoms with Gasteiger partial charge in [0.2, 0.25) is 0 Å². The Balaban J connectivity index is 1.77. The molecule has 0 aliphatic rings. The van der Waals surface area contributed by atoms with E-state index in [2.05, 4.69) is 15.8 Å². The van der Waals surface area contributed by atoms with Crippen molar-refractivity contribution >= 4 is 22.6 Å². The second-order valence-corrected chi connectivity index (χ2v) is 4.99. The summed E-state index contributed by atoms with van der Waals surface area (Å²) in [6, 6.07) is 13.6. The van der Waals surface area contributed by atoms with Crippen LogP contribution in [-0.2, 0) is 0 Å². The van der Waals surface area contributed by atoms with Crippen molar-refractivity contribution in [1.29, 1.82) is 0 Å². The summed E-state index contributed by atoms with van der Waals surface area (Å²) in [7, 11) is 0. The number of carbonyl (C=O) groups excluding carboxylic acids is 2. The molecule has 0 saturated carbocycles. The van der Waals surface area contributed by atoms with Crippen LogP contribution in [0.3, 0.4) is 0 Å². The number of aromatic amines is 1. The molecule has 0 spiro atoms. The van der Waals surface area contributed by atoms with Gasteiger partial charge in [-0.3, -0.25) is 25.2 Å². The van der Waals surface area contributed by atoms with E-state index in [-0.39, 0.29) is 11.3 Å². The average molecular weight is 325 g/mol. The number of nitrogens with one attached hydrogen (secondary N) is 3. The Bertz CT molecular complexity index is 998. The van der Waals surface area contributed by atoms with Gasteiger partial charge in [0.15, 0.2) is 0 Å². The highest BCUT2D eigenvalue weighted by atomic mass is 19.1. The minimum absolute atomic E-state index is 0.0208. The first-order valence-electron chi connectivity index (χ1n) is 7.03. The van der Waals surface area contributed by atoms with Gasteiger partial charge in [-0.05, 0) is 29.7 Å². The summed E-state index contributed by atoms with van der Waals surface area (Å²) >= 11 is 0. The third-order valence-corrected chi connectivity index (χ3v) is 3.41. The lowest BCUT2D eigenvalue weighted by Gasteiger charge is -2.08. The number of hydrogen-bond acceptors (Lipinski definition) is 3. The number of hydrazine groups is 1. The fraction of sp³-hybridized carbons (Fsp3) is 0. The van der Waals surface area contributed by atoms with Gasteiger partial charge in [-0.25, -0.2) is 4.39 Å². The highest BCUT2D eigenvalue weighted by molar-refractivity contribution is 5.99. The fourth-order valence-corrected chi connectivity index (χ4v) is 2.23. The van der Waals surface area contributed by atoms with Crippen molar-refractivity contribution in [2.45, 2.75) is 0 Å². The van der Waals surface area contributed by atoms with Crippen molar-refractivity contribution < 1.29 is 14.0 Å². The maximum absolute atomic E-state index is 13.5. The third kappa shape index (κ3) is 3.00. The molecule has 3 N–H and O–H groups in total. The first-order valence-corrected chi connectivity index (χ1v) is 7.03. The number of H-pyrrole nitrogens is 1. The van der Waals surface area contributed by atoms with E-state index in [0.29, 0.717) is 10.8 Å². The maximum Gasteiger partial charge on any atom is 0.286 e. The van der Waals surface area contributed by atoms with E-state index in [1.165, 1.54) is 24.3 Å². The van der Waals surface area contributed by atoms with Crippen LogP contribution in [0.4, 0.5) is 4.39 Å². The molecule has 6 nitrogen and oxygen atoms in total. The molecule has 120 valence electrons. The van der Waals surface area contributed by atoms with Gasteiger partial charge in [0, 0.05) is 5.39 Å². The number of carbonyl (C=O) groups is 2. The second-order valence-electron chi connectivity index (χ2n) is 4.99. The summed E-state index contributed by atoms with van der Waals surface area (Å²) in [6.07, 6.45) is 0. The van der Waals surface area contributed by atoms with Crippen LogP contribution < -0.4 is 16.4 Å². The summed E-state index contributed by atoms with van der Waals surface area (Å²) in [5.74, 6) is -2.23. The van der Waals surface area contributed by atoms with E-state index in [1.807, 2.05) is 0 Å². The number of benzene rings is 2. The summed E-state index contributed by atoms with van der Waals surface area (Å²) in [5, 5.41) is 1.04. The molecule has 0 aliphatic carbocycles. The SMILES string of the molecule is O=C(NNC(=O)c1ccccc1F)c1cc2ccccc2c(=O)[nH]1. The molecular formula is C17H12FN3O3. The Morgan fingerprint density at radius 1 is 0.917 bits per heavy atom. The molecule has 1 heterocycles. The van der Waals surface area contributed by atoms with Gasteiger partial charge < -0.3 is 4.98 Å².